The molecule has 188 valence electrons. The summed E-state index contributed by atoms with van der Waals surface area (Å²) in [6, 6.07) is 4.03. The Bertz CT molecular complexity index is 1020. The molecule has 3 heterocycles. The third kappa shape index (κ3) is 5.68. The normalized spacial score (nSPS) is 21.3. The van der Waals surface area contributed by atoms with Crippen molar-refractivity contribution in [3.8, 4) is 0 Å². The number of nitrogens with two attached hydrogens (primary N) is 1. The third-order valence-corrected chi connectivity index (χ3v) is 6.67. The van der Waals surface area contributed by atoms with E-state index < -0.39 is 29.7 Å². The quantitative estimate of drug-likeness (QED) is 0.315. The van der Waals surface area contributed by atoms with Gasteiger partial charge in [0.25, 0.3) is 11.8 Å². The molecule has 0 bridgehead atoms. The predicted octanol–water partition coefficient (Wildman–Crippen LogP) is 0.246. The SMILES string of the molecule is NC(=O)CCN1CCC(OCCCNc2cccc3c2C(=O)N(C2CCC(=O)NC2=O)C3=O)CC1. The highest BCUT2D eigenvalue weighted by Crippen LogP contribution is 2.32. The molecule has 1 unspecified atom stereocenters. The second-order valence-electron chi connectivity index (χ2n) is 9.08. The Morgan fingerprint density at radius 1 is 1.11 bits per heavy atom. The standard InChI is InChI=1S/C24H31N5O6/c25-19(30)9-13-28-11-7-15(8-12-28)35-14-2-10-26-17-4-1-3-16-21(17)24(34)29(23(16)33)18-5-6-20(31)27-22(18)32/h1,3-4,15,18,26H,2,5-14H2,(H2,25,30)(H,27,31,32). The van der Waals surface area contributed by atoms with E-state index in [0.29, 0.717) is 38.2 Å². The Morgan fingerprint density at radius 2 is 1.89 bits per heavy atom. The molecule has 0 saturated carbocycles. The fourth-order valence-electron chi connectivity index (χ4n) is 4.78. The first kappa shape index (κ1) is 24.8. The number of nitrogens with one attached hydrogen (secondary N) is 2. The van der Waals surface area contributed by atoms with Gasteiger partial charge < -0.3 is 20.7 Å². The summed E-state index contributed by atoms with van der Waals surface area (Å²) in [4.78, 5) is 63.8. The second-order valence-corrected chi connectivity index (χ2v) is 9.08. The average molecular weight is 486 g/mol. The number of likely N-dealkylation sites (tertiary alicyclic amines) is 1. The van der Waals surface area contributed by atoms with Crippen molar-refractivity contribution < 1.29 is 28.7 Å². The van der Waals surface area contributed by atoms with E-state index >= 15 is 0 Å². The largest absolute Gasteiger partial charge is 0.384 e. The van der Waals surface area contributed by atoms with Gasteiger partial charge in [-0.3, -0.25) is 34.2 Å². The highest BCUT2D eigenvalue weighted by molar-refractivity contribution is 6.25. The number of carbonyl (C=O) groups excluding carboxylic acids is 5. The molecule has 0 spiro atoms. The number of benzene rings is 1. The lowest BCUT2D eigenvalue weighted by molar-refractivity contribution is -0.136. The molecule has 4 rings (SSSR count). The molecular formula is C24H31N5O6. The van der Waals surface area contributed by atoms with Crippen molar-refractivity contribution in [2.24, 2.45) is 5.73 Å². The first-order chi connectivity index (χ1) is 16.8. The van der Waals surface area contributed by atoms with Gasteiger partial charge in [0.05, 0.1) is 17.2 Å². The second kappa shape index (κ2) is 11.0. The highest BCUT2D eigenvalue weighted by atomic mass is 16.5. The lowest BCUT2D eigenvalue weighted by atomic mass is 10.0. The van der Waals surface area contributed by atoms with Crippen molar-refractivity contribution in [1.29, 1.82) is 0 Å². The zero-order chi connectivity index (χ0) is 24.9. The number of anilines is 1. The molecule has 0 aromatic heterocycles. The molecule has 0 aliphatic carbocycles. The number of fused-ring (bicyclic) bond motifs is 1. The summed E-state index contributed by atoms with van der Waals surface area (Å²) in [5.41, 5.74) is 6.26. The van der Waals surface area contributed by atoms with Crippen molar-refractivity contribution in [1.82, 2.24) is 15.1 Å². The van der Waals surface area contributed by atoms with Crippen LogP contribution in [-0.2, 0) is 19.1 Å². The van der Waals surface area contributed by atoms with Gasteiger partial charge in [-0.2, -0.15) is 0 Å². The number of hydrogen-bond acceptors (Lipinski definition) is 8. The maximum absolute atomic E-state index is 13.1. The summed E-state index contributed by atoms with van der Waals surface area (Å²) in [6.45, 7) is 3.56. The van der Waals surface area contributed by atoms with E-state index in [-0.39, 0.29) is 36.0 Å². The summed E-state index contributed by atoms with van der Waals surface area (Å²) in [7, 11) is 0. The Kier molecular flexibility index (Phi) is 7.76. The van der Waals surface area contributed by atoms with E-state index in [4.69, 9.17) is 10.5 Å². The van der Waals surface area contributed by atoms with E-state index in [1.54, 1.807) is 18.2 Å². The van der Waals surface area contributed by atoms with Gasteiger partial charge in [-0.15, -0.1) is 0 Å². The minimum atomic E-state index is -0.983. The third-order valence-electron chi connectivity index (χ3n) is 6.67. The van der Waals surface area contributed by atoms with Crippen LogP contribution in [-0.4, -0.2) is 84.3 Å². The minimum absolute atomic E-state index is 0.0846. The maximum atomic E-state index is 13.1. The zero-order valence-electron chi connectivity index (χ0n) is 19.6. The van der Waals surface area contributed by atoms with Crippen LogP contribution in [0.3, 0.4) is 0 Å². The van der Waals surface area contributed by atoms with Gasteiger partial charge >= 0.3 is 0 Å². The van der Waals surface area contributed by atoms with E-state index in [0.717, 1.165) is 30.8 Å². The van der Waals surface area contributed by atoms with Crippen molar-refractivity contribution in [3.05, 3.63) is 29.3 Å². The summed E-state index contributed by atoms with van der Waals surface area (Å²) in [6.07, 6.45) is 3.30. The van der Waals surface area contributed by atoms with Gasteiger partial charge in [-0.1, -0.05) is 6.07 Å². The smallest absolute Gasteiger partial charge is 0.264 e. The lowest BCUT2D eigenvalue weighted by Crippen LogP contribution is -2.54. The van der Waals surface area contributed by atoms with Gasteiger partial charge in [0.2, 0.25) is 17.7 Å². The van der Waals surface area contributed by atoms with Crippen LogP contribution in [0.25, 0.3) is 0 Å². The first-order valence-electron chi connectivity index (χ1n) is 12.1. The van der Waals surface area contributed by atoms with Crippen LogP contribution >= 0.6 is 0 Å². The molecule has 1 aromatic carbocycles. The predicted molar refractivity (Wildman–Crippen MR) is 125 cm³/mol. The number of amides is 5. The molecule has 3 aliphatic rings. The molecule has 4 N–H and O–H groups in total. The number of ether oxygens (including phenoxy) is 1. The number of piperidine rings is 2. The van der Waals surface area contributed by atoms with Crippen molar-refractivity contribution in [2.75, 3.05) is 38.1 Å². The number of imide groups is 2. The molecule has 2 fully saturated rings. The van der Waals surface area contributed by atoms with E-state index in [1.807, 2.05) is 0 Å². The molecule has 1 aromatic rings. The van der Waals surface area contributed by atoms with Gasteiger partial charge in [0, 0.05) is 51.3 Å². The number of nitrogens with zero attached hydrogens (tertiary/aromatic N) is 2. The monoisotopic (exact) mass is 485 g/mol. The highest BCUT2D eigenvalue weighted by Gasteiger charge is 2.45. The zero-order valence-corrected chi connectivity index (χ0v) is 19.6. The van der Waals surface area contributed by atoms with Crippen LogP contribution in [0.2, 0.25) is 0 Å². The molecule has 2 saturated heterocycles. The van der Waals surface area contributed by atoms with Crippen molar-refractivity contribution >= 4 is 35.2 Å². The summed E-state index contributed by atoms with van der Waals surface area (Å²) in [5, 5.41) is 5.43. The summed E-state index contributed by atoms with van der Waals surface area (Å²) >= 11 is 0. The van der Waals surface area contributed by atoms with Crippen LogP contribution in [0.1, 0.15) is 59.2 Å². The molecule has 11 nitrogen and oxygen atoms in total. The summed E-state index contributed by atoms with van der Waals surface area (Å²) < 4.78 is 5.98. The molecule has 0 radical (unpaired) electrons. The molecule has 11 heteroatoms. The Labute approximate surface area is 203 Å². The van der Waals surface area contributed by atoms with Crippen LogP contribution in [0.5, 0.6) is 0 Å². The van der Waals surface area contributed by atoms with Crippen LogP contribution in [0, 0.1) is 0 Å². The Morgan fingerprint density at radius 3 is 2.60 bits per heavy atom. The van der Waals surface area contributed by atoms with E-state index in [1.165, 1.54) is 0 Å². The average Bonchev–Trinajstić information content (AvgIpc) is 3.09. The molecule has 35 heavy (non-hydrogen) atoms. The Balaban J connectivity index is 1.25. The molecular weight excluding hydrogens is 454 g/mol. The first-order valence-corrected chi connectivity index (χ1v) is 12.1. The van der Waals surface area contributed by atoms with Crippen molar-refractivity contribution in [2.45, 2.75) is 50.7 Å². The number of rotatable bonds is 10. The topological polar surface area (TPSA) is 151 Å². The maximum Gasteiger partial charge on any atom is 0.264 e. The number of carbonyl (C=O) groups is 5. The van der Waals surface area contributed by atoms with Crippen LogP contribution < -0.4 is 16.4 Å². The fraction of sp³-hybridized carbons (Fsp3) is 0.542. The number of hydrogen-bond donors (Lipinski definition) is 3. The van der Waals surface area contributed by atoms with Gasteiger partial charge in [0.15, 0.2) is 0 Å². The molecule has 5 amide bonds. The number of primary amides is 1. The summed E-state index contributed by atoms with van der Waals surface area (Å²) in [5.74, 6) is -2.35. The minimum Gasteiger partial charge on any atom is -0.384 e. The lowest BCUT2D eigenvalue weighted by Gasteiger charge is -2.31. The van der Waals surface area contributed by atoms with E-state index in [2.05, 4.69) is 15.5 Å². The molecule has 1 atom stereocenters. The Hall–Kier alpha value is -3.31. The van der Waals surface area contributed by atoms with Crippen LogP contribution in [0.15, 0.2) is 18.2 Å². The van der Waals surface area contributed by atoms with Gasteiger partial charge in [0.1, 0.15) is 6.04 Å². The van der Waals surface area contributed by atoms with Gasteiger partial charge in [-0.05, 0) is 37.8 Å². The fourth-order valence-corrected chi connectivity index (χ4v) is 4.78. The van der Waals surface area contributed by atoms with E-state index in [9.17, 15) is 24.0 Å². The van der Waals surface area contributed by atoms with Crippen LogP contribution in [0.4, 0.5) is 5.69 Å². The molecule has 3 aliphatic heterocycles. The van der Waals surface area contributed by atoms with Gasteiger partial charge in [-0.25, -0.2) is 0 Å². The van der Waals surface area contributed by atoms with Crippen molar-refractivity contribution in [3.63, 3.8) is 0 Å².